The number of rotatable bonds is 7. The third-order valence-electron chi connectivity index (χ3n) is 3.58. The van der Waals surface area contributed by atoms with Crippen LogP contribution < -0.4 is 11.1 Å². The summed E-state index contributed by atoms with van der Waals surface area (Å²) in [5.74, 6) is 0.753. The van der Waals surface area contributed by atoms with Gasteiger partial charge in [-0.25, -0.2) is 0 Å². The van der Waals surface area contributed by atoms with Gasteiger partial charge in [0.05, 0.1) is 13.2 Å². The molecule has 1 unspecified atom stereocenters. The van der Waals surface area contributed by atoms with Crippen molar-refractivity contribution in [3.05, 3.63) is 65.2 Å². The average molecular weight is 453 g/mol. The van der Waals surface area contributed by atoms with Crippen molar-refractivity contribution < 1.29 is 4.74 Å². The SMILES string of the molecule is Cc1cc(C)cc(NC(N)=NCC(C)COCc2ccccc2)c1.I. The van der Waals surface area contributed by atoms with Crippen molar-refractivity contribution >= 4 is 35.6 Å². The number of anilines is 1. The summed E-state index contributed by atoms with van der Waals surface area (Å²) in [6.45, 7) is 8.17. The molecule has 0 amide bonds. The van der Waals surface area contributed by atoms with Crippen molar-refractivity contribution in [2.24, 2.45) is 16.6 Å². The number of aryl methyl sites for hydroxylation is 2. The lowest BCUT2D eigenvalue weighted by molar-refractivity contribution is 0.0945. The van der Waals surface area contributed by atoms with E-state index in [1.165, 1.54) is 16.7 Å². The minimum absolute atomic E-state index is 0. The highest BCUT2D eigenvalue weighted by atomic mass is 127. The Morgan fingerprint density at radius 1 is 1.12 bits per heavy atom. The van der Waals surface area contributed by atoms with Gasteiger partial charge in [0.25, 0.3) is 0 Å². The predicted molar refractivity (Wildman–Crippen MR) is 117 cm³/mol. The van der Waals surface area contributed by atoms with Crippen molar-refractivity contribution in [3.8, 4) is 0 Å². The maximum atomic E-state index is 5.97. The molecule has 0 aliphatic heterocycles. The predicted octanol–water partition coefficient (Wildman–Crippen LogP) is 4.50. The minimum Gasteiger partial charge on any atom is -0.376 e. The molecule has 1 atom stereocenters. The molecule has 4 nitrogen and oxygen atoms in total. The summed E-state index contributed by atoms with van der Waals surface area (Å²) in [4.78, 5) is 4.41. The van der Waals surface area contributed by atoms with Crippen LogP contribution in [0.15, 0.2) is 53.5 Å². The number of hydrogen-bond acceptors (Lipinski definition) is 2. The van der Waals surface area contributed by atoms with Crippen molar-refractivity contribution in [3.63, 3.8) is 0 Å². The van der Waals surface area contributed by atoms with Crippen LogP contribution in [0.1, 0.15) is 23.6 Å². The van der Waals surface area contributed by atoms with E-state index in [-0.39, 0.29) is 24.0 Å². The van der Waals surface area contributed by atoms with Crippen molar-refractivity contribution in [2.75, 3.05) is 18.5 Å². The molecule has 0 radical (unpaired) electrons. The smallest absolute Gasteiger partial charge is 0.193 e. The van der Waals surface area contributed by atoms with Gasteiger partial charge in [-0.15, -0.1) is 24.0 Å². The second kappa shape index (κ2) is 11.1. The third-order valence-corrected chi connectivity index (χ3v) is 3.58. The van der Waals surface area contributed by atoms with E-state index in [4.69, 9.17) is 10.5 Å². The van der Waals surface area contributed by atoms with Gasteiger partial charge in [-0.1, -0.05) is 43.3 Å². The standard InChI is InChI=1S/C20H27N3O.HI/c1-15-9-16(2)11-19(10-15)23-20(21)22-12-17(3)13-24-14-18-7-5-4-6-8-18;/h4-11,17H,12-14H2,1-3H3,(H3,21,22,23);1H. The van der Waals surface area contributed by atoms with Gasteiger partial charge in [-0.05, 0) is 48.6 Å². The lowest BCUT2D eigenvalue weighted by atomic mass is 10.1. The highest BCUT2D eigenvalue weighted by molar-refractivity contribution is 14.0. The summed E-state index contributed by atoms with van der Waals surface area (Å²) < 4.78 is 5.73. The number of nitrogens with two attached hydrogens (primary N) is 1. The number of guanidine groups is 1. The fourth-order valence-corrected chi connectivity index (χ4v) is 2.49. The van der Waals surface area contributed by atoms with Crippen LogP contribution in [0.5, 0.6) is 0 Å². The zero-order chi connectivity index (χ0) is 17.4. The molecule has 0 fully saturated rings. The molecule has 2 aromatic rings. The van der Waals surface area contributed by atoms with E-state index < -0.39 is 0 Å². The first-order valence-corrected chi connectivity index (χ1v) is 8.30. The number of halogens is 1. The summed E-state index contributed by atoms with van der Waals surface area (Å²) in [5, 5.41) is 3.15. The van der Waals surface area contributed by atoms with Crippen LogP contribution in [0.2, 0.25) is 0 Å². The van der Waals surface area contributed by atoms with Gasteiger partial charge in [-0.2, -0.15) is 0 Å². The number of hydrogen-bond donors (Lipinski definition) is 2. The number of nitrogens with zero attached hydrogens (tertiary/aromatic N) is 1. The Morgan fingerprint density at radius 2 is 1.76 bits per heavy atom. The Kier molecular flexibility index (Phi) is 9.52. The molecule has 0 heterocycles. The molecule has 0 aromatic heterocycles. The zero-order valence-electron chi connectivity index (χ0n) is 15.2. The van der Waals surface area contributed by atoms with Gasteiger partial charge >= 0.3 is 0 Å². The lowest BCUT2D eigenvalue weighted by Gasteiger charge is -2.11. The molecule has 0 saturated carbocycles. The fraction of sp³-hybridized carbons (Fsp3) is 0.350. The van der Waals surface area contributed by atoms with Crippen molar-refractivity contribution in [1.82, 2.24) is 0 Å². The van der Waals surface area contributed by atoms with E-state index in [9.17, 15) is 0 Å². The Morgan fingerprint density at radius 3 is 2.40 bits per heavy atom. The number of benzene rings is 2. The molecule has 0 bridgehead atoms. The topological polar surface area (TPSA) is 59.6 Å². The largest absolute Gasteiger partial charge is 0.376 e. The minimum atomic E-state index is 0. The van der Waals surface area contributed by atoms with E-state index in [1.807, 2.05) is 18.2 Å². The van der Waals surface area contributed by atoms with Gasteiger partial charge < -0.3 is 15.8 Å². The van der Waals surface area contributed by atoms with Crippen LogP contribution in [-0.2, 0) is 11.3 Å². The Bertz CT molecular complexity index is 654. The van der Waals surface area contributed by atoms with E-state index in [0.717, 1.165) is 5.69 Å². The summed E-state index contributed by atoms with van der Waals surface area (Å²) in [6, 6.07) is 16.4. The van der Waals surface area contributed by atoms with Crippen LogP contribution in [0.25, 0.3) is 0 Å². The number of aliphatic imine (C=N–C) groups is 1. The van der Waals surface area contributed by atoms with E-state index >= 15 is 0 Å². The molecule has 0 aliphatic carbocycles. The molecule has 136 valence electrons. The summed E-state index contributed by atoms with van der Waals surface area (Å²) in [6.07, 6.45) is 0. The van der Waals surface area contributed by atoms with Gasteiger partial charge in [0.15, 0.2) is 5.96 Å². The molecule has 5 heteroatoms. The zero-order valence-corrected chi connectivity index (χ0v) is 17.5. The Labute approximate surface area is 167 Å². The first kappa shape index (κ1) is 21.4. The highest BCUT2D eigenvalue weighted by Gasteiger charge is 2.03. The lowest BCUT2D eigenvalue weighted by Crippen LogP contribution is -2.24. The maximum Gasteiger partial charge on any atom is 0.193 e. The molecule has 2 aromatic carbocycles. The van der Waals surface area contributed by atoms with E-state index in [1.54, 1.807) is 0 Å². The highest BCUT2D eigenvalue weighted by Crippen LogP contribution is 2.13. The monoisotopic (exact) mass is 453 g/mol. The van der Waals surface area contributed by atoms with Crippen LogP contribution in [0.4, 0.5) is 5.69 Å². The first-order chi connectivity index (χ1) is 11.5. The van der Waals surface area contributed by atoms with Crippen LogP contribution in [0, 0.1) is 19.8 Å². The molecule has 0 saturated heterocycles. The van der Waals surface area contributed by atoms with Crippen LogP contribution >= 0.6 is 24.0 Å². The first-order valence-electron chi connectivity index (χ1n) is 8.30. The molecular weight excluding hydrogens is 425 g/mol. The van der Waals surface area contributed by atoms with Crippen molar-refractivity contribution in [2.45, 2.75) is 27.4 Å². The number of ether oxygens (including phenoxy) is 1. The summed E-state index contributed by atoms with van der Waals surface area (Å²) >= 11 is 0. The molecule has 3 N–H and O–H groups in total. The van der Waals surface area contributed by atoms with Crippen molar-refractivity contribution in [1.29, 1.82) is 0 Å². The molecule has 0 aliphatic rings. The average Bonchev–Trinajstić information content (AvgIpc) is 2.53. The van der Waals surface area contributed by atoms with E-state index in [0.29, 0.717) is 31.6 Å². The molecule has 0 spiro atoms. The second-order valence-corrected chi connectivity index (χ2v) is 6.33. The molecule has 25 heavy (non-hydrogen) atoms. The maximum absolute atomic E-state index is 5.97. The summed E-state index contributed by atoms with van der Waals surface area (Å²) in [7, 11) is 0. The fourth-order valence-electron chi connectivity index (χ4n) is 2.49. The Balaban J connectivity index is 0.00000312. The third kappa shape index (κ3) is 8.36. The van der Waals surface area contributed by atoms with E-state index in [2.05, 4.69) is 61.4 Å². The van der Waals surface area contributed by atoms with Gasteiger partial charge in [0, 0.05) is 12.2 Å². The quantitative estimate of drug-likeness (QED) is 0.369. The Hall–Kier alpha value is -1.60. The second-order valence-electron chi connectivity index (χ2n) is 6.33. The summed E-state index contributed by atoms with van der Waals surface area (Å²) in [5.41, 5.74) is 10.5. The number of nitrogens with one attached hydrogen (secondary N) is 1. The normalized spacial score (nSPS) is 12.4. The van der Waals surface area contributed by atoms with Gasteiger partial charge in [0.1, 0.15) is 0 Å². The van der Waals surface area contributed by atoms with Crippen LogP contribution in [0.3, 0.4) is 0 Å². The molecule has 2 rings (SSSR count). The molecular formula is C20H28IN3O. The van der Waals surface area contributed by atoms with Crippen LogP contribution in [-0.4, -0.2) is 19.1 Å². The van der Waals surface area contributed by atoms with Gasteiger partial charge in [-0.3, -0.25) is 4.99 Å². The van der Waals surface area contributed by atoms with Gasteiger partial charge in [0.2, 0.25) is 0 Å².